The number of rotatable bonds is 4. The van der Waals surface area contributed by atoms with Crippen LogP contribution in [0.1, 0.15) is 5.69 Å². The van der Waals surface area contributed by atoms with Gasteiger partial charge in [-0.25, -0.2) is 13.5 Å². The molecular weight excluding hydrogens is 336 g/mol. The van der Waals surface area contributed by atoms with E-state index in [4.69, 9.17) is 5.73 Å². The van der Waals surface area contributed by atoms with Crippen molar-refractivity contribution in [3.05, 3.63) is 40.1 Å². The SMILES string of the molecule is NCC(=O)NCc1cn(-c2c(F)cc(F)cc2Br)nn1. The van der Waals surface area contributed by atoms with Crippen LogP contribution >= 0.6 is 15.9 Å². The Labute approximate surface area is 121 Å². The lowest BCUT2D eigenvalue weighted by Gasteiger charge is -2.05. The molecule has 0 atom stereocenters. The van der Waals surface area contributed by atoms with Crippen LogP contribution in [-0.4, -0.2) is 27.4 Å². The summed E-state index contributed by atoms with van der Waals surface area (Å²) in [5, 5.41) is 10.0. The number of nitrogens with zero attached hydrogens (tertiary/aromatic N) is 3. The van der Waals surface area contributed by atoms with Crippen molar-refractivity contribution < 1.29 is 13.6 Å². The highest BCUT2D eigenvalue weighted by Gasteiger charge is 2.14. The van der Waals surface area contributed by atoms with Crippen LogP contribution in [-0.2, 0) is 11.3 Å². The largest absolute Gasteiger partial charge is 0.349 e. The van der Waals surface area contributed by atoms with Crippen LogP contribution in [0.15, 0.2) is 22.8 Å². The number of benzene rings is 1. The zero-order valence-electron chi connectivity index (χ0n) is 10.1. The Morgan fingerprint density at radius 2 is 2.20 bits per heavy atom. The molecule has 0 aliphatic carbocycles. The van der Waals surface area contributed by atoms with E-state index < -0.39 is 11.6 Å². The highest BCUT2D eigenvalue weighted by atomic mass is 79.9. The fourth-order valence-corrected chi connectivity index (χ4v) is 2.09. The van der Waals surface area contributed by atoms with Crippen molar-refractivity contribution >= 4 is 21.8 Å². The molecule has 0 saturated heterocycles. The third kappa shape index (κ3) is 3.17. The molecular formula is C11H10BrF2N5O. The van der Waals surface area contributed by atoms with Gasteiger partial charge in [-0.05, 0) is 22.0 Å². The summed E-state index contributed by atoms with van der Waals surface area (Å²) in [6.07, 6.45) is 1.43. The van der Waals surface area contributed by atoms with Crippen molar-refractivity contribution in [2.24, 2.45) is 5.73 Å². The van der Waals surface area contributed by atoms with E-state index >= 15 is 0 Å². The molecule has 0 aliphatic rings. The van der Waals surface area contributed by atoms with Gasteiger partial charge in [-0.1, -0.05) is 5.21 Å². The van der Waals surface area contributed by atoms with Crippen molar-refractivity contribution in [3.8, 4) is 5.69 Å². The highest BCUT2D eigenvalue weighted by molar-refractivity contribution is 9.10. The summed E-state index contributed by atoms with van der Waals surface area (Å²) in [7, 11) is 0. The maximum atomic E-state index is 13.7. The zero-order chi connectivity index (χ0) is 14.7. The zero-order valence-corrected chi connectivity index (χ0v) is 11.7. The van der Waals surface area contributed by atoms with Crippen molar-refractivity contribution in [1.82, 2.24) is 20.3 Å². The lowest BCUT2D eigenvalue weighted by molar-refractivity contribution is -0.119. The molecule has 1 aromatic heterocycles. The topological polar surface area (TPSA) is 85.8 Å². The first-order valence-electron chi connectivity index (χ1n) is 5.54. The van der Waals surface area contributed by atoms with Gasteiger partial charge in [0.2, 0.25) is 5.91 Å². The van der Waals surface area contributed by atoms with E-state index in [0.29, 0.717) is 5.69 Å². The molecule has 0 bridgehead atoms. The maximum Gasteiger partial charge on any atom is 0.234 e. The van der Waals surface area contributed by atoms with Gasteiger partial charge in [-0.2, -0.15) is 0 Å². The molecule has 9 heteroatoms. The Kier molecular flexibility index (Phi) is 4.40. The van der Waals surface area contributed by atoms with Gasteiger partial charge in [-0.3, -0.25) is 4.79 Å². The highest BCUT2D eigenvalue weighted by Crippen LogP contribution is 2.24. The number of halogens is 3. The fraction of sp³-hybridized carbons (Fsp3) is 0.182. The first-order chi connectivity index (χ1) is 9.51. The number of hydrogen-bond donors (Lipinski definition) is 2. The second-order valence-electron chi connectivity index (χ2n) is 3.85. The lowest BCUT2D eigenvalue weighted by atomic mass is 10.3. The summed E-state index contributed by atoms with van der Waals surface area (Å²) in [6.45, 7) is -0.0112. The number of hydrogen-bond acceptors (Lipinski definition) is 4. The van der Waals surface area contributed by atoms with Crippen molar-refractivity contribution in [2.45, 2.75) is 6.54 Å². The third-order valence-electron chi connectivity index (χ3n) is 2.40. The Morgan fingerprint density at radius 1 is 1.45 bits per heavy atom. The predicted molar refractivity (Wildman–Crippen MR) is 69.9 cm³/mol. The molecule has 2 aromatic rings. The van der Waals surface area contributed by atoms with E-state index in [1.54, 1.807) is 0 Å². The molecule has 0 radical (unpaired) electrons. The van der Waals surface area contributed by atoms with Crippen LogP contribution < -0.4 is 11.1 Å². The molecule has 6 nitrogen and oxygen atoms in total. The summed E-state index contributed by atoms with van der Waals surface area (Å²) in [6, 6.07) is 1.87. The van der Waals surface area contributed by atoms with Crippen LogP contribution in [0.3, 0.4) is 0 Å². The van der Waals surface area contributed by atoms with E-state index in [0.717, 1.165) is 16.8 Å². The lowest BCUT2D eigenvalue weighted by Crippen LogP contribution is -2.29. The van der Waals surface area contributed by atoms with Gasteiger partial charge in [0.1, 0.15) is 17.2 Å². The summed E-state index contributed by atoms with van der Waals surface area (Å²) in [5.74, 6) is -1.82. The Morgan fingerprint density at radius 3 is 2.85 bits per heavy atom. The van der Waals surface area contributed by atoms with E-state index in [-0.39, 0.29) is 29.2 Å². The molecule has 0 saturated carbocycles. The second kappa shape index (κ2) is 6.06. The molecule has 1 aromatic carbocycles. The number of nitrogens with two attached hydrogens (primary N) is 1. The molecule has 2 rings (SSSR count). The Bertz CT molecular complexity index is 622. The summed E-state index contributed by atoms with van der Waals surface area (Å²) in [5.41, 5.74) is 5.60. The van der Waals surface area contributed by atoms with E-state index in [1.165, 1.54) is 6.20 Å². The van der Waals surface area contributed by atoms with Gasteiger partial charge in [0, 0.05) is 10.5 Å². The minimum absolute atomic E-state index is 0.0373. The minimum Gasteiger partial charge on any atom is -0.349 e. The summed E-state index contributed by atoms with van der Waals surface area (Å²) >= 11 is 3.06. The Hall–Kier alpha value is -1.87. The fourth-order valence-electron chi connectivity index (χ4n) is 1.50. The normalized spacial score (nSPS) is 10.6. The van der Waals surface area contributed by atoms with Gasteiger partial charge in [0.25, 0.3) is 0 Å². The minimum atomic E-state index is -0.778. The third-order valence-corrected chi connectivity index (χ3v) is 3.01. The number of amides is 1. The van der Waals surface area contributed by atoms with E-state index in [9.17, 15) is 13.6 Å². The molecule has 0 spiro atoms. The van der Waals surface area contributed by atoms with Gasteiger partial charge < -0.3 is 11.1 Å². The van der Waals surface area contributed by atoms with E-state index in [2.05, 4.69) is 31.6 Å². The molecule has 0 unspecified atom stereocenters. The average molecular weight is 346 g/mol. The molecule has 1 amide bonds. The van der Waals surface area contributed by atoms with Gasteiger partial charge in [0.05, 0.1) is 19.3 Å². The molecule has 1 heterocycles. The van der Waals surface area contributed by atoms with Crippen LogP contribution in [0.25, 0.3) is 5.69 Å². The molecule has 0 aliphatic heterocycles. The molecule has 106 valence electrons. The van der Waals surface area contributed by atoms with Crippen LogP contribution in [0, 0.1) is 11.6 Å². The quantitative estimate of drug-likeness (QED) is 0.861. The summed E-state index contributed by atoms with van der Waals surface area (Å²) in [4.78, 5) is 11.0. The first kappa shape index (κ1) is 14.5. The van der Waals surface area contributed by atoms with Gasteiger partial charge in [0.15, 0.2) is 5.82 Å². The Balaban J connectivity index is 2.23. The number of carbonyl (C=O) groups is 1. The second-order valence-corrected chi connectivity index (χ2v) is 4.71. The van der Waals surface area contributed by atoms with Crippen LogP contribution in [0.2, 0.25) is 0 Å². The van der Waals surface area contributed by atoms with Gasteiger partial charge in [-0.15, -0.1) is 5.10 Å². The first-order valence-corrected chi connectivity index (χ1v) is 6.33. The number of aromatic nitrogens is 3. The monoisotopic (exact) mass is 345 g/mol. The molecule has 20 heavy (non-hydrogen) atoms. The van der Waals surface area contributed by atoms with Gasteiger partial charge >= 0.3 is 0 Å². The summed E-state index contributed by atoms with van der Waals surface area (Å²) < 4.78 is 28.1. The predicted octanol–water partition coefficient (Wildman–Crippen LogP) is 0.883. The average Bonchev–Trinajstić information content (AvgIpc) is 2.83. The smallest absolute Gasteiger partial charge is 0.234 e. The van der Waals surface area contributed by atoms with Crippen molar-refractivity contribution in [2.75, 3.05) is 6.54 Å². The van der Waals surface area contributed by atoms with E-state index in [1.807, 2.05) is 0 Å². The van der Waals surface area contributed by atoms with Crippen molar-refractivity contribution in [1.29, 1.82) is 0 Å². The number of carbonyl (C=O) groups excluding carboxylic acids is 1. The molecule has 3 N–H and O–H groups in total. The standard InChI is InChI=1S/C11H10BrF2N5O/c12-8-1-6(13)2-9(14)11(8)19-5-7(17-18-19)4-16-10(20)3-15/h1-2,5H,3-4,15H2,(H,16,20). The van der Waals surface area contributed by atoms with Crippen LogP contribution in [0.4, 0.5) is 8.78 Å². The number of nitrogens with one attached hydrogen (secondary N) is 1. The molecule has 0 fully saturated rings. The van der Waals surface area contributed by atoms with Crippen LogP contribution in [0.5, 0.6) is 0 Å². The van der Waals surface area contributed by atoms with Crippen molar-refractivity contribution in [3.63, 3.8) is 0 Å². The maximum absolute atomic E-state index is 13.7.